The molecule has 0 fully saturated rings. The first-order valence-corrected chi connectivity index (χ1v) is 9.31. The number of hydrogen-bond donors (Lipinski definition) is 1. The molecule has 0 aliphatic heterocycles. The first kappa shape index (κ1) is 17.4. The van der Waals surface area contributed by atoms with Gasteiger partial charge in [-0.25, -0.2) is 4.98 Å². The Morgan fingerprint density at radius 3 is 2.72 bits per heavy atom. The number of anilines is 1. The first-order valence-electron chi connectivity index (χ1n) is 8.32. The molecule has 1 heterocycles. The molecule has 0 aliphatic rings. The lowest BCUT2D eigenvalue weighted by Crippen LogP contribution is -2.15. The highest BCUT2D eigenvalue weighted by atomic mass is 32.2. The summed E-state index contributed by atoms with van der Waals surface area (Å²) in [6.07, 6.45) is 0. The Hall–Kier alpha value is -2.47. The zero-order chi connectivity index (χ0) is 17.6. The molecule has 130 valence electrons. The van der Waals surface area contributed by atoms with Crippen LogP contribution >= 0.6 is 11.8 Å². The number of aryl methyl sites for hydroxylation is 1. The second kappa shape index (κ2) is 8.07. The summed E-state index contributed by atoms with van der Waals surface area (Å²) >= 11 is 1.44. The standard InChI is InChI=1S/C19H21N3O2S/c1-3-22-16-11-7-5-9-14(16)21-19(22)25-13-18(23)20-15-10-6-8-12-17(15)24-4-2/h5-12H,3-4,13H2,1-2H3,(H,20,23). The van der Waals surface area contributed by atoms with Gasteiger partial charge in [-0.15, -0.1) is 0 Å². The molecule has 0 atom stereocenters. The number of amides is 1. The summed E-state index contributed by atoms with van der Waals surface area (Å²) in [7, 11) is 0. The molecule has 3 rings (SSSR count). The minimum absolute atomic E-state index is 0.0770. The smallest absolute Gasteiger partial charge is 0.234 e. The van der Waals surface area contributed by atoms with Gasteiger partial charge in [0.25, 0.3) is 0 Å². The lowest BCUT2D eigenvalue weighted by atomic mass is 10.3. The molecule has 3 aromatic rings. The van der Waals surface area contributed by atoms with Crippen LogP contribution in [0.2, 0.25) is 0 Å². The molecular formula is C19H21N3O2S. The number of aromatic nitrogens is 2. The van der Waals surface area contributed by atoms with E-state index in [2.05, 4.69) is 21.8 Å². The molecule has 25 heavy (non-hydrogen) atoms. The molecule has 1 aromatic heterocycles. The van der Waals surface area contributed by atoms with Gasteiger partial charge >= 0.3 is 0 Å². The molecule has 1 N–H and O–H groups in total. The summed E-state index contributed by atoms with van der Waals surface area (Å²) in [6, 6.07) is 15.5. The van der Waals surface area contributed by atoms with Gasteiger partial charge < -0.3 is 14.6 Å². The third-order valence-electron chi connectivity index (χ3n) is 3.73. The summed E-state index contributed by atoms with van der Waals surface area (Å²) in [4.78, 5) is 17.0. The fourth-order valence-corrected chi connectivity index (χ4v) is 3.52. The average Bonchev–Trinajstić information content (AvgIpc) is 2.99. The van der Waals surface area contributed by atoms with Gasteiger partial charge in [-0.05, 0) is 38.1 Å². The van der Waals surface area contributed by atoms with E-state index < -0.39 is 0 Å². The van der Waals surface area contributed by atoms with E-state index in [1.54, 1.807) is 0 Å². The fourth-order valence-electron chi connectivity index (χ4n) is 2.64. The van der Waals surface area contributed by atoms with E-state index in [0.717, 1.165) is 22.7 Å². The van der Waals surface area contributed by atoms with Crippen LogP contribution in [-0.2, 0) is 11.3 Å². The minimum Gasteiger partial charge on any atom is -0.492 e. The summed E-state index contributed by atoms with van der Waals surface area (Å²) in [5.74, 6) is 0.903. The Balaban J connectivity index is 1.69. The van der Waals surface area contributed by atoms with Crippen LogP contribution in [0.25, 0.3) is 11.0 Å². The van der Waals surface area contributed by atoms with Crippen molar-refractivity contribution in [3.8, 4) is 5.75 Å². The van der Waals surface area contributed by atoms with Crippen LogP contribution in [0.3, 0.4) is 0 Å². The van der Waals surface area contributed by atoms with Crippen molar-refractivity contribution in [1.82, 2.24) is 9.55 Å². The normalized spacial score (nSPS) is 10.8. The maximum Gasteiger partial charge on any atom is 0.234 e. The summed E-state index contributed by atoms with van der Waals surface area (Å²) in [5.41, 5.74) is 2.74. The molecule has 0 unspecified atom stereocenters. The summed E-state index contributed by atoms with van der Waals surface area (Å²) in [6.45, 7) is 5.38. The molecule has 0 bridgehead atoms. The van der Waals surface area contributed by atoms with E-state index in [-0.39, 0.29) is 5.91 Å². The summed E-state index contributed by atoms with van der Waals surface area (Å²) in [5, 5.41) is 3.77. The molecule has 0 saturated heterocycles. The number of rotatable bonds is 7. The second-order valence-electron chi connectivity index (χ2n) is 5.39. The monoisotopic (exact) mass is 355 g/mol. The van der Waals surface area contributed by atoms with Crippen molar-refractivity contribution in [2.45, 2.75) is 25.5 Å². The molecule has 0 radical (unpaired) electrons. The van der Waals surface area contributed by atoms with Crippen molar-refractivity contribution in [2.24, 2.45) is 0 Å². The van der Waals surface area contributed by atoms with Crippen molar-refractivity contribution in [3.05, 3.63) is 48.5 Å². The van der Waals surface area contributed by atoms with Crippen LogP contribution in [0.5, 0.6) is 5.75 Å². The number of nitrogens with one attached hydrogen (secondary N) is 1. The van der Waals surface area contributed by atoms with Crippen molar-refractivity contribution < 1.29 is 9.53 Å². The number of imidazole rings is 1. The molecular weight excluding hydrogens is 334 g/mol. The largest absolute Gasteiger partial charge is 0.492 e. The Morgan fingerprint density at radius 1 is 1.16 bits per heavy atom. The number of carbonyl (C=O) groups is 1. The van der Waals surface area contributed by atoms with Gasteiger partial charge in [0.2, 0.25) is 5.91 Å². The number of fused-ring (bicyclic) bond motifs is 1. The molecule has 1 amide bonds. The van der Waals surface area contributed by atoms with E-state index in [4.69, 9.17) is 4.74 Å². The van der Waals surface area contributed by atoms with Gasteiger partial charge in [-0.2, -0.15) is 0 Å². The maximum atomic E-state index is 12.3. The highest BCUT2D eigenvalue weighted by Gasteiger charge is 2.13. The predicted molar refractivity (Wildman–Crippen MR) is 102 cm³/mol. The third-order valence-corrected chi connectivity index (χ3v) is 4.71. The Morgan fingerprint density at radius 2 is 1.92 bits per heavy atom. The molecule has 0 spiro atoms. The lowest BCUT2D eigenvalue weighted by Gasteiger charge is -2.11. The van der Waals surface area contributed by atoms with E-state index in [9.17, 15) is 4.79 Å². The number of nitrogens with zero attached hydrogens (tertiary/aromatic N) is 2. The second-order valence-corrected chi connectivity index (χ2v) is 6.34. The average molecular weight is 355 g/mol. The van der Waals surface area contributed by atoms with Crippen LogP contribution in [0.15, 0.2) is 53.7 Å². The zero-order valence-corrected chi connectivity index (χ0v) is 15.2. The van der Waals surface area contributed by atoms with E-state index >= 15 is 0 Å². The topological polar surface area (TPSA) is 56.1 Å². The van der Waals surface area contributed by atoms with Gasteiger partial charge in [0.1, 0.15) is 5.75 Å². The number of hydrogen-bond acceptors (Lipinski definition) is 4. The van der Waals surface area contributed by atoms with Crippen LogP contribution in [-0.4, -0.2) is 27.8 Å². The van der Waals surface area contributed by atoms with Gasteiger partial charge in [-0.3, -0.25) is 4.79 Å². The Kier molecular flexibility index (Phi) is 5.60. The SMILES string of the molecule is CCOc1ccccc1NC(=O)CSc1nc2ccccc2n1CC. The van der Waals surface area contributed by atoms with Crippen molar-refractivity contribution in [2.75, 3.05) is 17.7 Å². The number of thioether (sulfide) groups is 1. The van der Waals surface area contributed by atoms with Crippen molar-refractivity contribution in [1.29, 1.82) is 0 Å². The number of carbonyl (C=O) groups excluding carboxylic acids is 1. The quantitative estimate of drug-likeness (QED) is 0.646. The number of ether oxygens (including phenoxy) is 1. The molecule has 0 aliphatic carbocycles. The number of benzene rings is 2. The zero-order valence-electron chi connectivity index (χ0n) is 14.4. The first-order chi connectivity index (χ1) is 12.2. The van der Waals surface area contributed by atoms with Crippen LogP contribution in [0.1, 0.15) is 13.8 Å². The molecule has 5 nitrogen and oxygen atoms in total. The van der Waals surface area contributed by atoms with E-state index in [1.165, 1.54) is 11.8 Å². The van der Waals surface area contributed by atoms with Crippen molar-refractivity contribution in [3.63, 3.8) is 0 Å². The Labute approximate surface area is 151 Å². The van der Waals surface area contributed by atoms with Crippen LogP contribution in [0.4, 0.5) is 5.69 Å². The fraction of sp³-hybridized carbons (Fsp3) is 0.263. The van der Waals surface area contributed by atoms with E-state index in [1.807, 2.05) is 55.5 Å². The summed E-state index contributed by atoms with van der Waals surface area (Å²) < 4.78 is 7.67. The van der Waals surface area contributed by atoms with Crippen LogP contribution < -0.4 is 10.1 Å². The van der Waals surface area contributed by atoms with Crippen molar-refractivity contribution >= 4 is 34.4 Å². The molecule has 0 saturated carbocycles. The Bertz CT molecular complexity index is 876. The maximum absolute atomic E-state index is 12.3. The third kappa shape index (κ3) is 3.96. The van der Waals surface area contributed by atoms with Gasteiger partial charge in [-0.1, -0.05) is 36.0 Å². The van der Waals surface area contributed by atoms with Gasteiger partial charge in [0, 0.05) is 6.54 Å². The van der Waals surface area contributed by atoms with Crippen LogP contribution in [0, 0.1) is 0 Å². The molecule has 2 aromatic carbocycles. The van der Waals surface area contributed by atoms with Gasteiger partial charge in [0.05, 0.1) is 29.1 Å². The van der Waals surface area contributed by atoms with Gasteiger partial charge in [0.15, 0.2) is 5.16 Å². The number of para-hydroxylation sites is 4. The molecule has 6 heteroatoms. The predicted octanol–water partition coefficient (Wildman–Crippen LogP) is 4.19. The minimum atomic E-state index is -0.0770. The lowest BCUT2D eigenvalue weighted by molar-refractivity contribution is -0.113. The van der Waals surface area contributed by atoms with E-state index in [0.29, 0.717) is 23.8 Å². The highest BCUT2D eigenvalue weighted by molar-refractivity contribution is 7.99. The highest BCUT2D eigenvalue weighted by Crippen LogP contribution is 2.26.